The first-order chi connectivity index (χ1) is 9.84. The van der Waals surface area contributed by atoms with Crippen molar-refractivity contribution in [3.63, 3.8) is 0 Å². The first-order valence-electron chi connectivity index (χ1n) is 7.67. The minimum absolute atomic E-state index is 0.108. The van der Waals surface area contributed by atoms with E-state index >= 15 is 0 Å². The molecule has 1 aliphatic carbocycles. The van der Waals surface area contributed by atoms with Crippen molar-refractivity contribution in [2.24, 2.45) is 0 Å². The molecule has 0 N–H and O–H groups in total. The van der Waals surface area contributed by atoms with Crippen LogP contribution in [0.15, 0.2) is 30.3 Å². The number of nitrogens with zero attached hydrogens (tertiary/aromatic N) is 2. The molecular weight excluding hydrogens is 248 g/mol. The average molecular weight is 270 g/mol. The van der Waals surface area contributed by atoms with Gasteiger partial charge in [-0.25, -0.2) is 0 Å². The predicted octanol–water partition coefficient (Wildman–Crippen LogP) is 3.29. The fourth-order valence-corrected chi connectivity index (χ4v) is 3.54. The minimum Gasteiger partial charge on any atom is -0.371 e. The third-order valence-electron chi connectivity index (χ3n) is 4.73. The Hall–Kier alpha value is -1.37. The van der Waals surface area contributed by atoms with Crippen LogP contribution in [0.25, 0.3) is 0 Å². The first-order valence-corrected chi connectivity index (χ1v) is 7.67. The summed E-state index contributed by atoms with van der Waals surface area (Å²) in [6.45, 7) is 2.46. The summed E-state index contributed by atoms with van der Waals surface area (Å²) in [4.78, 5) is 2.38. The van der Waals surface area contributed by atoms with Crippen molar-refractivity contribution in [3.8, 4) is 6.07 Å². The number of ether oxygens (including phenoxy) is 1. The van der Waals surface area contributed by atoms with Crippen molar-refractivity contribution >= 4 is 0 Å². The summed E-state index contributed by atoms with van der Waals surface area (Å²) in [5.74, 6) is 0. The summed E-state index contributed by atoms with van der Waals surface area (Å²) < 4.78 is 5.92. The van der Waals surface area contributed by atoms with Gasteiger partial charge < -0.3 is 4.74 Å². The lowest BCUT2D eigenvalue weighted by Gasteiger charge is -2.45. The second kappa shape index (κ2) is 5.95. The van der Waals surface area contributed by atoms with Gasteiger partial charge in [-0.1, -0.05) is 49.6 Å². The molecule has 0 radical (unpaired) electrons. The highest BCUT2D eigenvalue weighted by Crippen LogP contribution is 2.36. The zero-order valence-corrected chi connectivity index (χ0v) is 11.9. The number of hydrogen-bond donors (Lipinski definition) is 0. The van der Waals surface area contributed by atoms with Crippen LogP contribution in [-0.2, 0) is 4.74 Å². The Labute approximate surface area is 121 Å². The Kier molecular flexibility index (Phi) is 4.05. The lowest BCUT2D eigenvalue weighted by molar-refractivity contribution is -0.0661. The van der Waals surface area contributed by atoms with Gasteiger partial charge in [-0.3, -0.25) is 4.90 Å². The molecule has 2 aliphatic rings. The summed E-state index contributed by atoms with van der Waals surface area (Å²) in [5.41, 5.74) is 0.982. The lowest BCUT2D eigenvalue weighted by Crippen LogP contribution is -2.54. The molecule has 3 rings (SSSR count). The van der Waals surface area contributed by atoms with Crippen molar-refractivity contribution in [3.05, 3.63) is 35.9 Å². The molecule has 2 fully saturated rings. The summed E-state index contributed by atoms with van der Waals surface area (Å²) >= 11 is 0. The molecule has 1 atom stereocenters. The molecule has 1 aromatic rings. The highest BCUT2D eigenvalue weighted by molar-refractivity contribution is 5.19. The Bertz CT molecular complexity index is 474. The molecule has 0 spiro atoms. The summed E-state index contributed by atoms with van der Waals surface area (Å²) in [7, 11) is 0. The van der Waals surface area contributed by atoms with E-state index in [-0.39, 0.29) is 11.6 Å². The maximum absolute atomic E-state index is 9.72. The van der Waals surface area contributed by atoms with Gasteiger partial charge in [0.25, 0.3) is 0 Å². The maximum atomic E-state index is 9.72. The van der Waals surface area contributed by atoms with Gasteiger partial charge in [-0.15, -0.1) is 0 Å². The van der Waals surface area contributed by atoms with Crippen molar-refractivity contribution in [2.45, 2.75) is 43.7 Å². The molecule has 20 heavy (non-hydrogen) atoms. The Morgan fingerprint density at radius 2 is 1.90 bits per heavy atom. The standard InChI is InChI=1S/C17H22N2O/c18-14-17(9-5-2-6-10-17)19-11-12-20-16(13-19)15-7-3-1-4-8-15/h1,3-4,7-8,16H,2,5-6,9-13H2/t16-/m1/s1. The van der Waals surface area contributed by atoms with Gasteiger partial charge in [-0.05, 0) is 18.4 Å². The minimum atomic E-state index is -0.241. The van der Waals surface area contributed by atoms with Crippen molar-refractivity contribution in [1.29, 1.82) is 5.26 Å². The van der Waals surface area contributed by atoms with Gasteiger partial charge >= 0.3 is 0 Å². The normalized spacial score (nSPS) is 26.9. The van der Waals surface area contributed by atoms with Gasteiger partial charge in [0.15, 0.2) is 0 Å². The average Bonchev–Trinajstić information content (AvgIpc) is 2.56. The van der Waals surface area contributed by atoms with E-state index in [9.17, 15) is 5.26 Å². The van der Waals surface area contributed by atoms with Gasteiger partial charge in [-0.2, -0.15) is 5.26 Å². The summed E-state index contributed by atoms with van der Waals surface area (Å²) in [6, 6.07) is 13.0. The van der Waals surface area contributed by atoms with Crippen LogP contribution in [0.3, 0.4) is 0 Å². The lowest BCUT2D eigenvalue weighted by atomic mass is 9.81. The van der Waals surface area contributed by atoms with E-state index in [1.807, 2.05) is 6.07 Å². The maximum Gasteiger partial charge on any atom is 0.109 e. The van der Waals surface area contributed by atoms with Crippen LogP contribution in [-0.4, -0.2) is 30.1 Å². The fraction of sp³-hybridized carbons (Fsp3) is 0.588. The fourth-order valence-electron chi connectivity index (χ4n) is 3.54. The third-order valence-corrected chi connectivity index (χ3v) is 4.73. The Balaban J connectivity index is 1.76. The van der Waals surface area contributed by atoms with Crippen molar-refractivity contribution in [2.75, 3.05) is 19.7 Å². The van der Waals surface area contributed by atoms with Crippen LogP contribution >= 0.6 is 0 Å². The smallest absolute Gasteiger partial charge is 0.109 e. The number of morpholine rings is 1. The zero-order chi connectivity index (χ0) is 13.8. The van der Waals surface area contributed by atoms with Crippen molar-refractivity contribution < 1.29 is 4.74 Å². The molecule has 1 aromatic carbocycles. The molecule has 3 heteroatoms. The van der Waals surface area contributed by atoms with E-state index in [1.54, 1.807) is 0 Å². The van der Waals surface area contributed by atoms with Crippen LogP contribution in [0.2, 0.25) is 0 Å². The predicted molar refractivity (Wildman–Crippen MR) is 78.1 cm³/mol. The highest BCUT2D eigenvalue weighted by atomic mass is 16.5. The molecule has 0 bridgehead atoms. The van der Waals surface area contributed by atoms with Gasteiger partial charge in [0.05, 0.1) is 18.8 Å². The van der Waals surface area contributed by atoms with Gasteiger partial charge in [0.1, 0.15) is 5.54 Å². The number of rotatable bonds is 2. The quantitative estimate of drug-likeness (QED) is 0.827. The van der Waals surface area contributed by atoms with E-state index in [4.69, 9.17) is 4.74 Å². The molecule has 1 aliphatic heterocycles. The molecule has 106 valence electrons. The zero-order valence-electron chi connectivity index (χ0n) is 11.9. The Morgan fingerprint density at radius 3 is 2.60 bits per heavy atom. The topological polar surface area (TPSA) is 36.3 Å². The SMILES string of the molecule is N#CC1(N2CCO[C@@H](c3ccccc3)C2)CCCCC1. The van der Waals surface area contributed by atoms with E-state index in [2.05, 4.69) is 35.2 Å². The van der Waals surface area contributed by atoms with E-state index in [1.165, 1.54) is 24.8 Å². The van der Waals surface area contributed by atoms with E-state index < -0.39 is 0 Å². The first kappa shape index (κ1) is 13.6. The van der Waals surface area contributed by atoms with Crippen LogP contribution in [0, 0.1) is 11.3 Å². The molecule has 3 nitrogen and oxygen atoms in total. The molecular formula is C17H22N2O. The second-order valence-corrected chi connectivity index (χ2v) is 5.92. The van der Waals surface area contributed by atoms with Crippen LogP contribution in [0.4, 0.5) is 0 Å². The van der Waals surface area contributed by atoms with Crippen molar-refractivity contribution in [1.82, 2.24) is 4.90 Å². The number of nitriles is 1. The number of benzene rings is 1. The van der Waals surface area contributed by atoms with E-state index in [0.717, 1.165) is 32.5 Å². The monoisotopic (exact) mass is 270 g/mol. The third kappa shape index (κ3) is 2.59. The highest BCUT2D eigenvalue weighted by Gasteiger charge is 2.40. The Morgan fingerprint density at radius 1 is 1.15 bits per heavy atom. The second-order valence-electron chi connectivity index (χ2n) is 5.92. The largest absolute Gasteiger partial charge is 0.371 e. The molecule has 1 saturated carbocycles. The van der Waals surface area contributed by atoms with Crippen LogP contribution in [0.1, 0.15) is 43.8 Å². The van der Waals surface area contributed by atoms with Gasteiger partial charge in [0, 0.05) is 13.1 Å². The molecule has 0 aromatic heterocycles. The molecule has 0 unspecified atom stereocenters. The van der Waals surface area contributed by atoms with Gasteiger partial charge in [0.2, 0.25) is 0 Å². The number of hydrogen-bond acceptors (Lipinski definition) is 3. The molecule has 1 saturated heterocycles. The van der Waals surface area contributed by atoms with Crippen LogP contribution < -0.4 is 0 Å². The summed E-state index contributed by atoms with van der Waals surface area (Å²) in [6.07, 6.45) is 5.78. The summed E-state index contributed by atoms with van der Waals surface area (Å²) in [5, 5.41) is 9.72. The molecule has 1 heterocycles. The van der Waals surface area contributed by atoms with Crippen LogP contribution in [0.5, 0.6) is 0 Å². The molecule has 0 amide bonds. The van der Waals surface area contributed by atoms with E-state index in [0.29, 0.717) is 0 Å².